The van der Waals surface area contributed by atoms with Crippen LogP contribution in [0.2, 0.25) is 0 Å². The molecule has 164 valence electrons. The van der Waals surface area contributed by atoms with Crippen LogP contribution in [0.1, 0.15) is 20.0 Å². The monoisotopic (exact) mass is 467 g/mol. The van der Waals surface area contributed by atoms with E-state index in [0.717, 1.165) is 0 Å². The normalized spacial score (nSPS) is 15.3. The van der Waals surface area contributed by atoms with Gasteiger partial charge in [-0.05, 0) is 53.9 Å². The van der Waals surface area contributed by atoms with Crippen LogP contribution in [0.25, 0.3) is 0 Å². The van der Waals surface area contributed by atoms with Crippen molar-refractivity contribution in [2.24, 2.45) is 0 Å². The highest BCUT2D eigenvalue weighted by Crippen LogP contribution is 2.26. The Bertz CT molecular complexity index is 1120. The van der Waals surface area contributed by atoms with Crippen LogP contribution >= 0.6 is 23.1 Å². The van der Waals surface area contributed by atoms with Crippen molar-refractivity contribution in [1.82, 2.24) is 4.90 Å². The maximum absolute atomic E-state index is 13.2. The third kappa shape index (κ3) is 4.95. The topological polar surface area (TPSA) is 87.7 Å². The van der Waals surface area contributed by atoms with Gasteiger partial charge in [0.2, 0.25) is 5.91 Å². The number of carbonyl (C=O) groups is 3. The van der Waals surface area contributed by atoms with Crippen LogP contribution in [0.15, 0.2) is 66.0 Å². The second-order valence-electron chi connectivity index (χ2n) is 7.02. The van der Waals surface area contributed by atoms with Gasteiger partial charge in [0.15, 0.2) is 0 Å². The number of amides is 3. The summed E-state index contributed by atoms with van der Waals surface area (Å²) in [6.07, 6.45) is 0. The number of methoxy groups -OCH3 is 1. The SMILES string of the molecule is COc1ccc(NC(=O)C2CSCN2C(=O)c2cccc(NC(=O)c3cccs3)c2)cc1. The van der Waals surface area contributed by atoms with Gasteiger partial charge in [0.05, 0.1) is 17.9 Å². The Morgan fingerprint density at radius 3 is 2.53 bits per heavy atom. The minimum Gasteiger partial charge on any atom is -0.497 e. The van der Waals surface area contributed by atoms with E-state index in [4.69, 9.17) is 4.74 Å². The van der Waals surface area contributed by atoms with E-state index in [9.17, 15) is 14.4 Å². The third-order valence-electron chi connectivity index (χ3n) is 4.92. The van der Waals surface area contributed by atoms with Crippen molar-refractivity contribution in [3.63, 3.8) is 0 Å². The van der Waals surface area contributed by atoms with Crippen LogP contribution in [0.3, 0.4) is 0 Å². The standard InChI is InChI=1S/C23H21N3O4S2/c1-30-18-9-7-16(8-10-18)24-21(27)19-13-31-14-26(19)23(29)15-4-2-5-17(12-15)25-22(28)20-6-3-11-32-20/h2-12,19H,13-14H2,1H3,(H,24,27)(H,25,28). The molecule has 0 spiro atoms. The molecule has 1 saturated heterocycles. The van der Waals surface area contributed by atoms with Gasteiger partial charge in [-0.2, -0.15) is 0 Å². The Morgan fingerprint density at radius 2 is 1.81 bits per heavy atom. The quantitative estimate of drug-likeness (QED) is 0.568. The van der Waals surface area contributed by atoms with Crippen LogP contribution in [-0.4, -0.2) is 47.4 Å². The molecule has 1 atom stereocenters. The average molecular weight is 468 g/mol. The van der Waals surface area contributed by atoms with E-state index < -0.39 is 6.04 Å². The van der Waals surface area contributed by atoms with Crippen LogP contribution in [0.5, 0.6) is 5.75 Å². The first kappa shape index (κ1) is 21.9. The van der Waals surface area contributed by atoms with Gasteiger partial charge in [-0.1, -0.05) is 12.1 Å². The van der Waals surface area contributed by atoms with Crippen LogP contribution in [-0.2, 0) is 4.79 Å². The summed E-state index contributed by atoms with van der Waals surface area (Å²) in [5.41, 5.74) is 1.58. The summed E-state index contributed by atoms with van der Waals surface area (Å²) >= 11 is 2.87. The van der Waals surface area contributed by atoms with Gasteiger partial charge in [-0.25, -0.2) is 0 Å². The van der Waals surface area contributed by atoms with E-state index in [1.807, 2.05) is 11.4 Å². The van der Waals surface area contributed by atoms with Gasteiger partial charge in [0.25, 0.3) is 11.8 Å². The Balaban J connectivity index is 1.44. The minimum absolute atomic E-state index is 0.224. The zero-order valence-corrected chi connectivity index (χ0v) is 18.9. The summed E-state index contributed by atoms with van der Waals surface area (Å²) in [5.74, 6) is 0.918. The number of hydrogen-bond donors (Lipinski definition) is 2. The highest BCUT2D eigenvalue weighted by atomic mass is 32.2. The van der Waals surface area contributed by atoms with E-state index >= 15 is 0 Å². The van der Waals surface area contributed by atoms with Crippen LogP contribution in [0, 0.1) is 0 Å². The zero-order chi connectivity index (χ0) is 22.5. The fourth-order valence-electron chi connectivity index (χ4n) is 3.26. The Labute approximate surface area is 193 Å². The lowest BCUT2D eigenvalue weighted by molar-refractivity contribution is -0.119. The number of carbonyl (C=O) groups excluding carboxylic acids is 3. The lowest BCUT2D eigenvalue weighted by Crippen LogP contribution is -2.44. The van der Waals surface area contributed by atoms with Crippen LogP contribution in [0.4, 0.5) is 11.4 Å². The van der Waals surface area contributed by atoms with Crippen molar-refractivity contribution in [2.45, 2.75) is 6.04 Å². The van der Waals surface area contributed by atoms with E-state index in [-0.39, 0.29) is 17.7 Å². The second kappa shape index (κ2) is 9.88. The smallest absolute Gasteiger partial charge is 0.265 e. The average Bonchev–Trinajstić information content (AvgIpc) is 3.52. The molecule has 0 radical (unpaired) electrons. The summed E-state index contributed by atoms with van der Waals surface area (Å²) in [6.45, 7) is 0. The summed E-state index contributed by atoms with van der Waals surface area (Å²) in [7, 11) is 1.58. The molecule has 1 unspecified atom stereocenters. The number of thiophene rings is 1. The number of thioether (sulfide) groups is 1. The predicted octanol–water partition coefficient (Wildman–Crippen LogP) is 4.16. The van der Waals surface area contributed by atoms with Gasteiger partial charge in [0, 0.05) is 22.7 Å². The fraction of sp³-hybridized carbons (Fsp3) is 0.174. The largest absolute Gasteiger partial charge is 0.497 e. The number of hydrogen-bond acceptors (Lipinski definition) is 6. The van der Waals surface area contributed by atoms with Crippen molar-refractivity contribution in [3.05, 3.63) is 76.5 Å². The molecule has 2 aromatic carbocycles. The Hall–Kier alpha value is -3.30. The molecule has 4 rings (SSSR count). The summed E-state index contributed by atoms with van der Waals surface area (Å²) in [5, 5.41) is 7.51. The molecule has 1 aliphatic rings. The minimum atomic E-state index is -0.584. The van der Waals surface area contributed by atoms with Crippen molar-refractivity contribution in [3.8, 4) is 5.75 Å². The van der Waals surface area contributed by atoms with Gasteiger partial charge in [0.1, 0.15) is 11.8 Å². The highest BCUT2D eigenvalue weighted by Gasteiger charge is 2.35. The molecule has 32 heavy (non-hydrogen) atoms. The number of nitrogens with zero attached hydrogens (tertiary/aromatic N) is 1. The third-order valence-corrected chi connectivity index (χ3v) is 6.80. The molecule has 7 nitrogen and oxygen atoms in total. The lowest BCUT2D eigenvalue weighted by Gasteiger charge is -2.23. The number of nitrogens with one attached hydrogen (secondary N) is 2. The zero-order valence-electron chi connectivity index (χ0n) is 17.2. The highest BCUT2D eigenvalue weighted by molar-refractivity contribution is 7.99. The molecule has 2 N–H and O–H groups in total. The number of benzene rings is 2. The Morgan fingerprint density at radius 1 is 1.00 bits per heavy atom. The van der Waals surface area contributed by atoms with E-state index in [2.05, 4.69) is 10.6 Å². The molecule has 0 aliphatic carbocycles. The van der Waals surface area contributed by atoms with Crippen LogP contribution < -0.4 is 15.4 Å². The van der Waals surface area contributed by atoms with Gasteiger partial charge < -0.3 is 20.3 Å². The number of ether oxygens (including phenoxy) is 1. The first-order valence-corrected chi connectivity index (χ1v) is 11.9. The maximum Gasteiger partial charge on any atom is 0.265 e. The van der Waals surface area contributed by atoms with Gasteiger partial charge >= 0.3 is 0 Å². The van der Waals surface area contributed by atoms with Gasteiger partial charge in [-0.3, -0.25) is 14.4 Å². The lowest BCUT2D eigenvalue weighted by atomic mass is 10.1. The molecule has 1 aromatic heterocycles. The van der Waals surface area contributed by atoms with E-state index in [1.165, 1.54) is 23.1 Å². The molecule has 2 heterocycles. The molecule has 0 saturated carbocycles. The maximum atomic E-state index is 13.2. The van der Waals surface area contributed by atoms with Crippen molar-refractivity contribution < 1.29 is 19.1 Å². The first-order chi connectivity index (χ1) is 15.5. The van der Waals surface area contributed by atoms with Crippen molar-refractivity contribution in [1.29, 1.82) is 0 Å². The fourth-order valence-corrected chi connectivity index (χ4v) is 5.03. The molecule has 3 aromatic rings. The van der Waals surface area contributed by atoms with E-state index in [0.29, 0.717) is 39.2 Å². The molecule has 1 fully saturated rings. The summed E-state index contributed by atoms with van der Waals surface area (Å²) in [4.78, 5) is 40.5. The molecular weight excluding hydrogens is 446 g/mol. The summed E-state index contributed by atoms with van der Waals surface area (Å²) < 4.78 is 5.13. The van der Waals surface area contributed by atoms with Gasteiger partial charge in [-0.15, -0.1) is 23.1 Å². The summed E-state index contributed by atoms with van der Waals surface area (Å²) in [6, 6.07) is 16.8. The first-order valence-electron chi connectivity index (χ1n) is 9.83. The molecular formula is C23H21N3O4S2. The van der Waals surface area contributed by atoms with Crippen molar-refractivity contribution >= 4 is 52.2 Å². The number of rotatable bonds is 6. The second-order valence-corrected chi connectivity index (χ2v) is 8.97. The van der Waals surface area contributed by atoms with E-state index in [1.54, 1.807) is 66.6 Å². The molecule has 0 bridgehead atoms. The molecule has 9 heteroatoms. The predicted molar refractivity (Wildman–Crippen MR) is 128 cm³/mol. The molecule has 3 amide bonds. The van der Waals surface area contributed by atoms with Crippen molar-refractivity contribution in [2.75, 3.05) is 29.4 Å². The number of anilines is 2. The molecule has 1 aliphatic heterocycles. The Kier molecular flexibility index (Phi) is 6.77.